The van der Waals surface area contributed by atoms with E-state index < -0.39 is 5.82 Å². The van der Waals surface area contributed by atoms with Crippen LogP contribution in [0.3, 0.4) is 0 Å². The molecule has 0 N–H and O–H groups in total. The molecule has 2 rings (SSSR count). The topological polar surface area (TPSA) is 17.1 Å². The third-order valence-electron chi connectivity index (χ3n) is 2.01. The Bertz CT molecular complexity index is 507. The number of hydrogen-bond donors (Lipinski definition) is 0. The Labute approximate surface area is 98.7 Å². The van der Waals surface area contributed by atoms with Crippen LogP contribution < -0.4 is 0 Å². The number of carbonyl (C=O) groups is 1. The Morgan fingerprint density at radius 3 is 2.67 bits per heavy atom. The van der Waals surface area contributed by atoms with Gasteiger partial charge in [-0.1, -0.05) is 6.07 Å². The van der Waals surface area contributed by atoms with Crippen LogP contribution in [0.1, 0.15) is 10.4 Å². The molecule has 0 unspecified atom stereocenters. The highest BCUT2D eigenvalue weighted by Crippen LogP contribution is 2.33. The number of carbonyl (C=O) groups excluding carboxylic acids is 1. The van der Waals surface area contributed by atoms with Crippen LogP contribution in [0.4, 0.5) is 4.39 Å². The van der Waals surface area contributed by atoms with Crippen LogP contribution in [0.2, 0.25) is 0 Å². The average Bonchev–Trinajstić information content (AvgIpc) is 2.64. The summed E-state index contributed by atoms with van der Waals surface area (Å²) in [7, 11) is 0. The highest BCUT2D eigenvalue weighted by molar-refractivity contribution is 9.10. The SMILES string of the molecule is O=Cc1ccc(-c2sccc2Br)cc1F. The first kappa shape index (κ1) is 10.5. The van der Waals surface area contributed by atoms with Crippen molar-refractivity contribution in [3.05, 3.63) is 45.5 Å². The lowest BCUT2D eigenvalue weighted by molar-refractivity contribution is 0.112. The van der Waals surface area contributed by atoms with E-state index in [1.165, 1.54) is 23.5 Å². The molecule has 1 heterocycles. The third kappa shape index (κ3) is 2.01. The van der Waals surface area contributed by atoms with Gasteiger partial charge < -0.3 is 0 Å². The van der Waals surface area contributed by atoms with E-state index in [4.69, 9.17) is 0 Å². The zero-order valence-electron chi connectivity index (χ0n) is 7.54. The molecule has 0 amide bonds. The number of halogens is 2. The molecule has 1 aromatic heterocycles. The second-order valence-electron chi connectivity index (χ2n) is 2.95. The van der Waals surface area contributed by atoms with Gasteiger partial charge >= 0.3 is 0 Å². The van der Waals surface area contributed by atoms with Crippen molar-refractivity contribution in [3.63, 3.8) is 0 Å². The van der Waals surface area contributed by atoms with Crippen molar-refractivity contribution in [1.29, 1.82) is 0 Å². The second-order valence-corrected chi connectivity index (χ2v) is 4.72. The Hall–Kier alpha value is -1.00. The predicted octanol–water partition coefficient (Wildman–Crippen LogP) is 4.13. The van der Waals surface area contributed by atoms with Gasteiger partial charge in [0.25, 0.3) is 0 Å². The van der Waals surface area contributed by atoms with Crippen LogP contribution in [0.15, 0.2) is 34.1 Å². The quantitative estimate of drug-likeness (QED) is 0.758. The predicted molar refractivity (Wildman–Crippen MR) is 62.8 cm³/mol. The summed E-state index contributed by atoms with van der Waals surface area (Å²) in [5.41, 5.74) is 0.867. The monoisotopic (exact) mass is 284 g/mol. The average molecular weight is 285 g/mol. The summed E-state index contributed by atoms with van der Waals surface area (Å²) < 4.78 is 14.3. The summed E-state index contributed by atoms with van der Waals surface area (Å²) in [5, 5.41) is 1.92. The van der Waals surface area contributed by atoms with Crippen molar-refractivity contribution in [2.24, 2.45) is 0 Å². The third-order valence-corrected chi connectivity index (χ3v) is 3.89. The van der Waals surface area contributed by atoms with E-state index in [1.54, 1.807) is 6.07 Å². The number of hydrogen-bond acceptors (Lipinski definition) is 2. The number of aldehydes is 1. The van der Waals surface area contributed by atoms with Crippen LogP contribution in [0, 0.1) is 5.82 Å². The van der Waals surface area contributed by atoms with Gasteiger partial charge in [0.15, 0.2) is 6.29 Å². The maximum absolute atomic E-state index is 13.3. The lowest BCUT2D eigenvalue weighted by Crippen LogP contribution is -1.87. The van der Waals surface area contributed by atoms with E-state index in [2.05, 4.69) is 15.9 Å². The Balaban J connectivity index is 2.52. The van der Waals surface area contributed by atoms with Crippen LogP contribution in [-0.2, 0) is 0 Å². The van der Waals surface area contributed by atoms with Crippen molar-refractivity contribution < 1.29 is 9.18 Å². The van der Waals surface area contributed by atoms with Gasteiger partial charge in [0.2, 0.25) is 0 Å². The fourth-order valence-corrected chi connectivity index (χ4v) is 2.86. The highest BCUT2D eigenvalue weighted by Gasteiger charge is 2.07. The molecule has 0 spiro atoms. The normalized spacial score (nSPS) is 10.3. The number of benzene rings is 1. The standard InChI is InChI=1S/C11H6BrFOS/c12-9-3-4-15-11(9)7-1-2-8(6-14)10(13)5-7/h1-6H. The van der Waals surface area contributed by atoms with Gasteiger partial charge in [0, 0.05) is 9.35 Å². The van der Waals surface area contributed by atoms with Crippen LogP contribution >= 0.6 is 27.3 Å². The molecule has 0 aliphatic rings. The molecule has 0 fully saturated rings. The molecule has 1 aromatic carbocycles. The minimum atomic E-state index is -0.484. The Morgan fingerprint density at radius 1 is 1.33 bits per heavy atom. The smallest absolute Gasteiger partial charge is 0.152 e. The molecule has 4 heteroatoms. The molecule has 0 saturated heterocycles. The van der Waals surface area contributed by atoms with E-state index in [9.17, 15) is 9.18 Å². The minimum absolute atomic E-state index is 0.0893. The van der Waals surface area contributed by atoms with Gasteiger partial charge in [-0.15, -0.1) is 11.3 Å². The molecule has 76 valence electrons. The summed E-state index contributed by atoms with van der Waals surface area (Å²) in [5.74, 6) is -0.484. The molecular formula is C11H6BrFOS. The van der Waals surface area contributed by atoms with Gasteiger partial charge in [-0.25, -0.2) is 4.39 Å². The lowest BCUT2D eigenvalue weighted by Gasteiger charge is -2.00. The summed E-state index contributed by atoms with van der Waals surface area (Å²) in [6.07, 6.45) is 0.516. The zero-order valence-corrected chi connectivity index (χ0v) is 9.94. The second kappa shape index (κ2) is 4.24. The first-order chi connectivity index (χ1) is 7.22. The van der Waals surface area contributed by atoms with Crippen molar-refractivity contribution in [1.82, 2.24) is 0 Å². The van der Waals surface area contributed by atoms with Crippen molar-refractivity contribution in [3.8, 4) is 10.4 Å². The van der Waals surface area contributed by atoms with Crippen molar-refractivity contribution in [2.75, 3.05) is 0 Å². The summed E-state index contributed by atoms with van der Waals surface area (Å²) >= 11 is 4.90. The van der Waals surface area contributed by atoms with Gasteiger partial charge in [-0.3, -0.25) is 4.79 Å². The first-order valence-electron chi connectivity index (χ1n) is 4.20. The summed E-state index contributed by atoms with van der Waals surface area (Å²) in [6.45, 7) is 0. The molecule has 15 heavy (non-hydrogen) atoms. The van der Waals surface area contributed by atoms with E-state index >= 15 is 0 Å². The van der Waals surface area contributed by atoms with Crippen LogP contribution in [0.25, 0.3) is 10.4 Å². The van der Waals surface area contributed by atoms with Gasteiger partial charge in [-0.05, 0) is 45.1 Å². The van der Waals surface area contributed by atoms with Crippen LogP contribution in [-0.4, -0.2) is 6.29 Å². The fraction of sp³-hybridized carbons (Fsp3) is 0. The van der Waals surface area contributed by atoms with E-state index in [0.29, 0.717) is 6.29 Å². The molecule has 0 saturated carbocycles. The lowest BCUT2D eigenvalue weighted by atomic mass is 10.1. The molecule has 0 bridgehead atoms. The molecule has 1 nitrogen and oxygen atoms in total. The van der Waals surface area contributed by atoms with E-state index in [0.717, 1.165) is 14.9 Å². The molecule has 0 radical (unpaired) electrons. The molecule has 0 aliphatic carbocycles. The summed E-state index contributed by atoms with van der Waals surface area (Å²) in [4.78, 5) is 11.4. The number of rotatable bonds is 2. The summed E-state index contributed by atoms with van der Waals surface area (Å²) in [6, 6.07) is 6.51. The largest absolute Gasteiger partial charge is 0.298 e. The molecule has 2 aromatic rings. The van der Waals surface area contributed by atoms with E-state index in [1.807, 2.05) is 11.4 Å². The highest BCUT2D eigenvalue weighted by atomic mass is 79.9. The zero-order chi connectivity index (χ0) is 10.8. The van der Waals surface area contributed by atoms with Crippen molar-refractivity contribution >= 4 is 33.6 Å². The van der Waals surface area contributed by atoms with Crippen LogP contribution in [0.5, 0.6) is 0 Å². The molecule has 0 atom stereocenters. The molecular weight excluding hydrogens is 279 g/mol. The van der Waals surface area contributed by atoms with Gasteiger partial charge in [-0.2, -0.15) is 0 Å². The van der Waals surface area contributed by atoms with E-state index in [-0.39, 0.29) is 5.56 Å². The maximum atomic E-state index is 13.3. The number of thiophene rings is 1. The first-order valence-corrected chi connectivity index (χ1v) is 5.87. The Morgan fingerprint density at radius 2 is 2.13 bits per heavy atom. The molecule has 0 aliphatic heterocycles. The van der Waals surface area contributed by atoms with Gasteiger partial charge in [0.1, 0.15) is 5.82 Å². The minimum Gasteiger partial charge on any atom is -0.298 e. The Kier molecular flexibility index (Phi) is 2.98. The fourth-order valence-electron chi connectivity index (χ4n) is 1.26. The van der Waals surface area contributed by atoms with Gasteiger partial charge in [0.05, 0.1) is 5.56 Å². The maximum Gasteiger partial charge on any atom is 0.152 e. The van der Waals surface area contributed by atoms with Crippen molar-refractivity contribution in [2.45, 2.75) is 0 Å².